The number of hydrogen-bond donors (Lipinski definition) is 3. The van der Waals surface area contributed by atoms with E-state index in [-0.39, 0.29) is 6.42 Å². The summed E-state index contributed by atoms with van der Waals surface area (Å²) < 4.78 is 2.27. The van der Waals surface area contributed by atoms with Crippen LogP contribution in [0, 0.1) is 0 Å². The predicted octanol–water partition coefficient (Wildman–Crippen LogP) is 4.40. The van der Waals surface area contributed by atoms with Crippen molar-refractivity contribution in [2.24, 2.45) is 0 Å². The Labute approximate surface area is 206 Å². The van der Waals surface area contributed by atoms with E-state index in [0.717, 1.165) is 52.1 Å². The number of aliphatic hydroxyl groups is 2. The summed E-state index contributed by atoms with van der Waals surface area (Å²) in [6.45, 7) is 1.23. The quantitative estimate of drug-likeness (QED) is 0.141. The highest BCUT2D eigenvalue weighted by molar-refractivity contribution is 6.76. The summed E-state index contributed by atoms with van der Waals surface area (Å²) in [5, 5.41) is 22.4. The number of aliphatic hydroxyl groups excluding tert-OH is 2. The first-order valence-electron chi connectivity index (χ1n) is 11.3. The number of carbonyl (C=O) groups is 3. The SMILES string of the molecule is CCCCCCC(=O)CCCCCCCC[C@@H](O)[C@](CO)(NC(=O)C(Cl)(Cl)Cl)C(=O)OC. The molecule has 0 spiro atoms. The number of Topliss-reactive ketones (excluding diaryl/α,β-unsaturated/α-hetero) is 1. The van der Waals surface area contributed by atoms with Gasteiger partial charge in [-0.25, -0.2) is 4.79 Å². The number of hydrogen-bond acceptors (Lipinski definition) is 6. The highest BCUT2D eigenvalue weighted by atomic mass is 35.6. The Hall–Kier alpha value is -0.600. The molecule has 3 N–H and O–H groups in total. The highest BCUT2D eigenvalue weighted by Gasteiger charge is 2.49. The van der Waals surface area contributed by atoms with Gasteiger partial charge in [-0.15, -0.1) is 0 Å². The van der Waals surface area contributed by atoms with Crippen LogP contribution >= 0.6 is 34.8 Å². The van der Waals surface area contributed by atoms with E-state index >= 15 is 0 Å². The standard InChI is InChI=1S/C22H38Cl3NO6/c1-3-4-5-10-13-17(28)14-11-8-6-7-9-12-15-18(29)21(16-27,20(31)32-2)26-19(30)22(23,24)25/h18,27,29H,3-16H2,1-2H3,(H,26,30)/t18-,21+/m1/s1. The maximum Gasteiger partial charge on any atom is 0.336 e. The smallest absolute Gasteiger partial charge is 0.336 e. The third-order valence-corrected chi connectivity index (χ3v) is 5.97. The molecule has 2 atom stereocenters. The Balaban J connectivity index is 4.31. The molecule has 0 aliphatic rings. The van der Waals surface area contributed by atoms with Gasteiger partial charge >= 0.3 is 5.97 Å². The molecular formula is C22H38Cl3NO6. The number of rotatable bonds is 18. The van der Waals surface area contributed by atoms with Crippen LogP contribution in [0.1, 0.15) is 90.4 Å². The van der Waals surface area contributed by atoms with Crippen molar-refractivity contribution in [1.82, 2.24) is 5.32 Å². The molecule has 0 heterocycles. The van der Waals surface area contributed by atoms with Crippen molar-refractivity contribution in [1.29, 1.82) is 0 Å². The van der Waals surface area contributed by atoms with Crippen LogP contribution in [-0.4, -0.2) is 57.0 Å². The molecule has 188 valence electrons. The molecule has 0 saturated carbocycles. The van der Waals surface area contributed by atoms with Crippen molar-refractivity contribution >= 4 is 52.5 Å². The van der Waals surface area contributed by atoms with Gasteiger partial charge in [-0.05, 0) is 19.3 Å². The zero-order valence-corrected chi connectivity index (χ0v) is 21.4. The first-order valence-corrected chi connectivity index (χ1v) is 12.5. The first-order chi connectivity index (χ1) is 15.0. The topological polar surface area (TPSA) is 113 Å². The zero-order chi connectivity index (χ0) is 24.6. The lowest BCUT2D eigenvalue weighted by molar-refractivity contribution is -0.160. The molecule has 0 aliphatic heterocycles. The van der Waals surface area contributed by atoms with Crippen LogP contribution in [0.5, 0.6) is 0 Å². The van der Waals surface area contributed by atoms with Crippen molar-refractivity contribution in [3.05, 3.63) is 0 Å². The third-order valence-electron chi connectivity index (χ3n) is 5.45. The number of esters is 1. The monoisotopic (exact) mass is 517 g/mol. The Bertz CT molecular complexity index is 570. The number of methoxy groups -OCH3 is 1. The molecule has 0 aromatic carbocycles. The van der Waals surface area contributed by atoms with Crippen LogP contribution in [0.15, 0.2) is 0 Å². The minimum Gasteiger partial charge on any atom is -0.467 e. The average molecular weight is 519 g/mol. The molecule has 10 heteroatoms. The average Bonchev–Trinajstić information content (AvgIpc) is 2.75. The third kappa shape index (κ3) is 12.0. The number of unbranched alkanes of at least 4 members (excludes halogenated alkanes) is 8. The second-order valence-electron chi connectivity index (χ2n) is 8.10. The van der Waals surface area contributed by atoms with Gasteiger partial charge in [0.25, 0.3) is 9.70 Å². The molecule has 0 bridgehead atoms. The maximum atomic E-state index is 12.2. The Kier molecular flexibility index (Phi) is 16.6. The number of ether oxygens (including phenoxy) is 1. The van der Waals surface area contributed by atoms with Gasteiger partial charge in [0.15, 0.2) is 5.54 Å². The van der Waals surface area contributed by atoms with Crippen LogP contribution in [0.25, 0.3) is 0 Å². The molecule has 0 aliphatic carbocycles. The fourth-order valence-corrected chi connectivity index (χ4v) is 3.56. The van der Waals surface area contributed by atoms with Gasteiger partial charge in [0, 0.05) is 12.8 Å². The van der Waals surface area contributed by atoms with Crippen LogP contribution in [-0.2, 0) is 19.1 Å². The van der Waals surface area contributed by atoms with Crippen molar-refractivity contribution < 1.29 is 29.3 Å². The Morgan fingerprint density at radius 2 is 1.41 bits per heavy atom. The molecule has 0 unspecified atom stereocenters. The highest BCUT2D eigenvalue weighted by Crippen LogP contribution is 2.28. The van der Waals surface area contributed by atoms with E-state index < -0.39 is 33.9 Å². The fraction of sp³-hybridized carbons (Fsp3) is 0.864. The fourth-order valence-electron chi connectivity index (χ4n) is 3.42. The Morgan fingerprint density at radius 3 is 1.88 bits per heavy atom. The van der Waals surface area contributed by atoms with Crippen molar-refractivity contribution in [3.8, 4) is 0 Å². The van der Waals surface area contributed by atoms with E-state index in [0.29, 0.717) is 25.0 Å². The molecule has 0 fully saturated rings. The molecule has 32 heavy (non-hydrogen) atoms. The number of carbonyl (C=O) groups excluding carboxylic acids is 3. The summed E-state index contributed by atoms with van der Waals surface area (Å²) in [6, 6.07) is 0. The van der Waals surface area contributed by atoms with Gasteiger partial charge in [-0.3, -0.25) is 9.59 Å². The van der Waals surface area contributed by atoms with Gasteiger partial charge < -0.3 is 20.3 Å². The number of halogens is 3. The van der Waals surface area contributed by atoms with E-state index in [4.69, 9.17) is 34.8 Å². The lowest BCUT2D eigenvalue weighted by atomic mass is 9.89. The van der Waals surface area contributed by atoms with E-state index in [1.165, 1.54) is 12.8 Å². The van der Waals surface area contributed by atoms with Gasteiger partial charge in [-0.2, -0.15) is 0 Å². The maximum absolute atomic E-state index is 12.2. The number of alkyl halides is 3. The van der Waals surface area contributed by atoms with Gasteiger partial charge in [0.05, 0.1) is 19.8 Å². The molecular weight excluding hydrogens is 481 g/mol. The van der Waals surface area contributed by atoms with Crippen molar-refractivity contribution in [3.63, 3.8) is 0 Å². The predicted molar refractivity (Wildman–Crippen MR) is 127 cm³/mol. The lowest BCUT2D eigenvalue weighted by Gasteiger charge is -2.35. The van der Waals surface area contributed by atoms with Crippen molar-refractivity contribution in [2.75, 3.05) is 13.7 Å². The Morgan fingerprint density at radius 1 is 0.906 bits per heavy atom. The molecule has 7 nitrogen and oxygen atoms in total. The van der Waals surface area contributed by atoms with E-state index in [1.54, 1.807) is 0 Å². The summed E-state index contributed by atoms with van der Waals surface area (Å²) in [6.07, 6.45) is 9.52. The lowest BCUT2D eigenvalue weighted by Crippen LogP contribution is -2.66. The molecule has 1 amide bonds. The molecule has 0 aromatic heterocycles. The second kappa shape index (κ2) is 16.9. The summed E-state index contributed by atoms with van der Waals surface area (Å²) >= 11 is 16.6. The van der Waals surface area contributed by atoms with Gasteiger partial charge in [-0.1, -0.05) is 93.1 Å². The van der Waals surface area contributed by atoms with Crippen LogP contribution < -0.4 is 5.32 Å². The number of ketones is 1. The van der Waals surface area contributed by atoms with Gasteiger partial charge in [0.1, 0.15) is 5.78 Å². The largest absolute Gasteiger partial charge is 0.467 e. The number of amides is 1. The first kappa shape index (κ1) is 31.4. The normalized spacial score (nSPS) is 14.5. The summed E-state index contributed by atoms with van der Waals surface area (Å²) in [5.41, 5.74) is -2.12. The minimum absolute atomic E-state index is 0.131. The summed E-state index contributed by atoms with van der Waals surface area (Å²) in [5.74, 6) is -1.85. The van der Waals surface area contributed by atoms with Gasteiger partial charge in [0.2, 0.25) is 0 Å². The van der Waals surface area contributed by atoms with Crippen molar-refractivity contribution in [2.45, 2.75) is 106 Å². The van der Waals surface area contributed by atoms with E-state index in [9.17, 15) is 24.6 Å². The second-order valence-corrected chi connectivity index (χ2v) is 10.4. The minimum atomic E-state index is -2.37. The van der Waals surface area contributed by atoms with E-state index in [1.807, 2.05) is 0 Å². The zero-order valence-electron chi connectivity index (χ0n) is 19.1. The molecule has 0 radical (unpaired) electrons. The summed E-state index contributed by atoms with van der Waals surface area (Å²) in [4.78, 5) is 36.0. The molecule has 0 aromatic rings. The molecule has 0 rings (SSSR count). The summed E-state index contributed by atoms with van der Waals surface area (Å²) in [7, 11) is 1.07. The van der Waals surface area contributed by atoms with Crippen LogP contribution in [0.3, 0.4) is 0 Å². The molecule has 0 saturated heterocycles. The van der Waals surface area contributed by atoms with E-state index in [2.05, 4.69) is 17.0 Å². The number of nitrogens with one attached hydrogen (secondary N) is 1. The van der Waals surface area contributed by atoms with Crippen LogP contribution in [0.2, 0.25) is 0 Å². The van der Waals surface area contributed by atoms with Crippen LogP contribution in [0.4, 0.5) is 0 Å².